The van der Waals surface area contributed by atoms with Crippen LogP contribution < -0.4 is 0 Å². The molecule has 2 aromatic carbocycles. The summed E-state index contributed by atoms with van der Waals surface area (Å²) in [5, 5.41) is 8.92. The van der Waals surface area contributed by atoms with Gasteiger partial charge in [0.05, 0.1) is 11.1 Å². The summed E-state index contributed by atoms with van der Waals surface area (Å²) >= 11 is 3.25. The maximum absolute atomic E-state index is 13.8. The van der Waals surface area contributed by atoms with Crippen molar-refractivity contribution in [3.63, 3.8) is 0 Å². The molecule has 0 fully saturated rings. The Morgan fingerprint density at radius 2 is 2.05 bits per heavy atom. The van der Waals surface area contributed by atoms with Gasteiger partial charge in [-0.15, -0.1) is 0 Å². The molecule has 0 aliphatic rings. The molecule has 4 nitrogen and oxygen atoms in total. The second kappa shape index (κ2) is 4.72. The number of carbonyl (C=O) groups is 1. The quantitative estimate of drug-likeness (QED) is 0.765. The molecule has 0 radical (unpaired) electrons. The van der Waals surface area contributed by atoms with Gasteiger partial charge < -0.3 is 9.52 Å². The van der Waals surface area contributed by atoms with E-state index in [-0.39, 0.29) is 17.0 Å². The highest BCUT2D eigenvalue weighted by atomic mass is 79.9. The van der Waals surface area contributed by atoms with E-state index in [2.05, 4.69) is 20.9 Å². The number of aromatic nitrogens is 1. The number of carboxylic acid groups (broad SMARTS) is 1. The second-order valence-electron chi connectivity index (χ2n) is 4.13. The molecule has 0 spiro atoms. The number of carboxylic acids is 1. The number of fused-ring (bicyclic) bond motifs is 1. The SMILES string of the molecule is O=C(O)c1ccc2oc(-c3cc(Br)ccc3F)nc2c1. The first-order valence-electron chi connectivity index (χ1n) is 5.64. The van der Waals surface area contributed by atoms with Crippen molar-refractivity contribution in [2.75, 3.05) is 0 Å². The number of oxazole rings is 1. The average molecular weight is 336 g/mol. The monoisotopic (exact) mass is 335 g/mol. The third kappa shape index (κ3) is 2.18. The fourth-order valence-electron chi connectivity index (χ4n) is 1.84. The molecule has 0 aliphatic carbocycles. The van der Waals surface area contributed by atoms with Crippen LogP contribution in [0.3, 0.4) is 0 Å². The Kier molecular flexibility index (Phi) is 3.02. The van der Waals surface area contributed by atoms with Crippen molar-refractivity contribution in [1.29, 1.82) is 0 Å². The zero-order valence-corrected chi connectivity index (χ0v) is 11.5. The first-order chi connectivity index (χ1) is 9.54. The largest absolute Gasteiger partial charge is 0.478 e. The minimum Gasteiger partial charge on any atom is -0.478 e. The predicted octanol–water partition coefficient (Wildman–Crippen LogP) is 4.09. The molecule has 0 aliphatic heterocycles. The summed E-state index contributed by atoms with van der Waals surface area (Å²) in [6.45, 7) is 0. The standard InChI is InChI=1S/C14H7BrFNO3/c15-8-2-3-10(16)9(6-8)13-17-11-5-7(14(18)19)1-4-12(11)20-13/h1-6H,(H,18,19). The van der Waals surface area contributed by atoms with Crippen molar-refractivity contribution in [2.45, 2.75) is 0 Å². The van der Waals surface area contributed by atoms with E-state index in [0.29, 0.717) is 15.6 Å². The highest BCUT2D eigenvalue weighted by Crippen LogP contribution is 2.29. The molecule has 1 aromatic heterocycles. The molecule has 3 aromatic rings. The predicted molar refractivity (Wildman–Crippen MR) is 74.1 cm³/mol. The lowest BCUT2D eigenvalue weighted by molar-refractivity contribution is 0.0697. The smallest absolute Gasteiger partial charge is 0.335 e. The maximum Gasteiger partial charge on any atom is 0.335 e. The molecular formula is C14H7BrFNO3. The van der Waals surface area contributed by atoms with Gasteiger partial charge in [0.1, 0.15) is 11.3 Å². The van der Waals surface area contributed by atoms with Gasteiger partial charge in [-0.05, 0) is 36.4 Å². The number of aromatic carboxylic acids is 1. The molecule has 20 heavy (non-hydrogen) atoms. The van der Waals surface area contributed by atoms with Gasteiger partial charge >= 0.3 is 5.97 Å². The van der Waals surface area contributed by atoms with Gasteiger partial charge in [-0.25, -0.2) is 14.2 Å². The van der Waals surface area contributed by atoms with E-state index >= 15 is 0 Å². The molecule has 1 N–H and O–H groups in total. The molecule has 0 unspecified atom stereocenters. The minimum absolute atomic E-state index is 0.104. The lowest BCUT2D eigenvalue weighted by Gasteiger charge is -1.98. The van der Waals surface area contributed by atoms with Crippen LogP contribution in [0.2, 0.25) is 0 Å². The third-order valence-corrected chi connectivity index (χ3v) is 3.29. The highest BCUT2D eigenvalue weighted by Gasteiger charge is 2.14. The van der Waals surface area contributed by atoms with Crippen molar-refractivity contribution in [3.05, 3.63) is 52.3 Å². The van der Waals surface area contributed by atoms with Gasteiger partial charge in [-0.3, -0.25) is 0 Å². The molecule has 6 heteroatoms. The van der Waals surface area contributed by atoms with Gasteiger partial charge in [0.15, 0.2) is 5.58 Å². The summed E-state index contributed by atoms with van der Waals surface area (Å²) in [6, 6.07) is 8.74. The summed E-state index contributed by atoms with van der Waals surface area (Å²) in [5.41, 5.74) is 1.10. The van der Waals surface area contributed by atoms with Crippen LogP contribution in [0.5, 0.6) is 0 Å². The second-order valence-corrected chi connectivity index (χ2v) is 5.05. The lowest BCUT2D eigenvalue weighted by atomic mass is 10.2. The van der Waals surface area contributed by atoms with Crippen molar-refractivity contribution in [2.24, 2.45) is 0 Å². The number of hydrogen-bond acceptors (Lipinski definition) is 3. The Morgan fingerprint density at radius 1 is 1.25 bits per heavy atom. The Bertz CT molecular complexity index is 828. The molecule has 0 saturated heterocycles. The highest BCUT2D eigenvalue weighted by molar-refractivity contribution is 9.10. The van der Waals surface area contributed by atoms with E-state index < -0.39 is 11.8 Å². The van der Waals surface area contributed by atoms with E-state index in [1.54, 1.807) is 12.1 Å². The number of halogens is 2. The Morgan fingerprint density at radius 3 is 2.80 bits per heavy atom. The summed E-state index contributed by atoms with van der Waals surface area (Å²) in [6.07, 6.45) is 0. The van der Waals surface area contributed by atoms with E-state index in [4.69, 9.17) is 9.52 Å². The average Bonchev–Trinajstić information content (AvgIpc) is 2.83. The van der Waals surface area contributed by atoms with Crippen LogP contribution in [-0.4, -0.2) is 16.1 Å². The molecule has 100 valence electrons. The number of nitrogens with zero attached hydrogens (tertiary/aromatic N) is 1. The van der Waals surface area contributed by atoms with Crippen molar-refractivity contribution >= 4 is 33.0 Å². The van der Waals surface area contributed by atoms with E-state index in [1.807, 2.05) is 0 Å². The van der Waals surface area contributed by atoms with Crippen LogP contribution in [0, 0.1) is 5.82 Å². The summed E-state index contributed by atoms with van der Waals surface area (Å²) < 4.78 is 19.9. The molecule has 0 atom stereocenters. The van der Waals surface area contributed by atoms with Crippen molar-refractivity contribution in [3.8, 4) is 11.5 Å². The zero-order valence-electron chi connectivity index (χ0n) is 9.93. The van der Waals surface area contributed by atoms with Crippen LogP contribution in [0.15, 0.2) is 45.3 Å². The molecule has 0 bridgehead atoms. The van der Waals surface area contributed by atoms with Crippen LogP contribution >= 0.6 is 15.9 Å². The van der Waals surface area contributed by atoms with Crippen LogP contribution in [0.25, 0.3) is 22.6 Å². The Hall–Kier alpha value is -2.21. The molecule has 3 rings (SSSR count). The fraction of sp³-hybridized carbons (Fsp3) is 0. The van der Waals surface area contributed by atoms with E-state index in [1.165, 1.54) is 24.3 Å². The van der Waals surface area contributed by atoms with Crippen LogP contribution in [0.4, 0.5) is 4.39 Å². The number of benzene rings is 2. The van der Waals surface area contributed by atoms with Crippen LogP contribution in [0.1, 0.15) is 10.4 Å². The topological polar surface area (TPSA) is 63.3 Å². The fourth-order valence-corrected chi connectivity index (χ4v) is 2.20. The first-order valence-corrected chi connectivity index (χ1v) is 6.43. The van der Waals surface area contributed by atoms with Gasteiger partial charge in [0.25, 0.3) is 0 Å². The van der Waals surface area contributed by atoms with E-state index in [0.717, 1.165) is 0 Å². The molecule has 0 saturated carbocycles. The zero-order chi connectivity index (χ0) is 14.3. The number of hydrogen-bond donors (Lipinski definition) is 1. The van der Waals surface area contributed by atoms with Gasteiger partial charge in [-0.2, -0.15) is 0 Å². The van der Waals surface area contributed by atoms with Crippen LogP contribution in [-0.2, 0) is 0 Å². The molecule has 1 heterocycles. The Labute approximate surface area is 121 Å². The van der Waals surface area contributed by atoms with Crippen molar-refractivity contribution in [1.82, 2.24) is 4.98 Å². The summed E-state index contributed by atoms with van der Waals surface area (Å²) in [7, 11) is 0. The number of rotatable bonds is 2. The third-order valence-electron chi connectivity index (χ3n) is 2.79. The van der Waals surface area contributed by atoms with Gasteiger partial charge in [0, 0.05) is 4.47 Å². The summed E-state index contributed by atoms with van der Waals surface area (Å²) in [4.78, 5) is 15.0. The lowest BCUT2D eigenvalue weighted by Crippen LogP contribution is -1.94. The minimum atomic E-state index is -1.05. The van der Waals surface area contributed by atoms with Crippen molar-refractivity contribution < 1.29 is 18.7 Å². The molecule has 0 amide bonds. The summed E-state index contributed by atoms with van der Waals surface area (Å²) in [5.74, 6) is -1.40. The van der Waals surface area contributed by atoms with E-state index in [9.17, 15) is 9.18 Å². The van der Waals surface area contributed by atoms with Gasteiger partial charge in [0.2, 0.25) is 5.89 Å². The Balaban J connectivity index is 2.17. The molecular weight excluding hydrogens is 329 g/mol. The normalized spacial score (nSPS) is 10.9. The maximum atomic E-state index is 13.8. The first kappa shape index (κ1) is 12.8. The van der Waals surface area contributed by atoms with Gasteiger partial charge in [-0.1, -0.05) is 15.9 Å².